The van der Waals surface area contributed by atoms with Crippen molar-refractivity contribution in [2.75, 3.05) is 4.90 Å². The molecule has 0 amide bonds. The second-order valence-electron chi connectivity index (χ2n) is 10.7. The number of fused-ring (bicyclic) bond motifs is 5. The van der Waals surface area contributed by atoms with Gasteiger partial charge in [0.2, 0.25) is 0 Å². The van der Waals surface area contributed by atoms with Crippen molar-refractivity contribution >= 4 is 70.1 Å². The quantitative estimate of drug-likeness (QED) is 0.214. The van der Waals surface area contributed by atoms with Crippen LogP contribution in [-0.2, 0) is 0 Å². The predicted octanol–water partition coefficient (Wildman–Crippen LogP) is 11.8. The second-order valence-corrected chi connectivity index (χ2v) is 11.8. The summed E-state index contributed by atoms with van der Waals surface area (Å²) in [5, 5.41) is 7.60. The monoisotopic (exact) mass is 541 g/mol. The molecule has 0 spiro atoms. The lowest BCUT2D eigenvalue weighted by Crippen LogP contribution is -2.11. The molecule has 0 unspecified atom stereocenters. The van der Waals surface area contributed by atoms with Gasteiger partial charge in [0, 0.05) is 37.1 Å². The Morgan fingerprint density at radius 2 is 1.17 bits per heavy atom. The lowest BCUT2D eigenvalue weighted by atomic mass is 9.93. The molecule has 194 valence electrons. The maximum absolute atomic E-state index is 2.44. The maximum atomic E-state index is 2.44. The molecule has 0 fully saturated rings. The molecule has 0 aliphatic heterocycles. The Morgan fingerprint density at radius 3 is 2.05 bits per heavy atom. The van der Waals surface area contributed by atoms with E-state index < -0.39 is 0 Å². The van der Waals surface area contributed by atoms with Crippen LogP contribution in [0.4, 0.5) is 17.1 Å². The van der Waals surface area contributed by atoms with Crippen molar-refractivity contribution < 1.29 is 0 Å². The molecule has 0 aliphatic carbocycles. The lowest BCUT2D eigenvalue weighted by molar-refractivity contribution is 1.28. The van der Waals surface area contributed by atoms with E-state index in [0.29, 0.717) is 0 Å². The van der Waals surface area contributed by atoms with Crippen molar-refractivity contribution in [2.45, 2.75) is 6.92 Å². The van der Waals surface area contributed by atoms with E-state index in [1.165, 1.54) is 64.1 Å². The van der Waals surface area contributed by atoms with Gasteiger partial charge in [0.1, 0.15) is 0 Å². The highest BCUT2D eigenvalue weighted by molar-refractivity contribution is 7.25. The van der Waals surface area contributed by atoms with Crippen LogP contribution in [0.3, 0.4) is 0 Å². The van der Waals surface area contributed by atoms with E-state index in [9.17, 15) is 0 Å². The van der Waals surface area contributed by atoms with Crippen LogP contribution in [0.15, 0.2) is 146 Å². The van der Waals surface area contributed by atoms with Gasteiger partial charge >= 0.3 is 0 Å². The summed E-state index contributed by atoms with van der Waals surface area (Å²) in [5.74, 6) is 0. The summed E-state index contributed by atoms with van der Waals surface area (Å²) < 4.78 is 2.64. The first-order valence-corrected chi connectivity index (χ1v) is 14.8. The molecule has 0 radical (unpaired) electrons. The SMILES string of the molecule is Cc1cccc(N(c2ccc3sc4ccccc4c3c2)c2ccc3ccccc3c2-c2ccc3ccccc3c2)c1. The molecule has 0 N–H and O–H groups in total. The van der Waals surface area contributed by atoms with Gasteiger partial charge in [-0.25, -0.2) is 0 Å². The average molecular weight is 542 g/mol. The lowest BCUT2D eigenvalue weighted by Gasteiger charge is -2.29. The first-order valence-electron chi connectivity index (χ1n) is 14.0. The van der Waals surface area contributed by atoms with E-state index in [2.05, 4.69) is 157 Å². The van der Waals surface area contributed by atoms with Crippen LogP contribution in [-0.4, -0.2) is 0 Å². The number of nitrogens with zero attached hydrogens (tertiary/aromatic N) is 1. The summed E-state index contributed by atoms with van der Waals surface area (Å²) in [4.78, 5) is 2.44. The molecule has 8 aromatic rings. The topological polar surface area (TPSA) is 3.24 Å². The van der Waals surface area contributed by atoms with Crippen molar-refractivity contribution in [3.8, 4) is 11.1 Å². The fourth-order valence-electron chi connectivity index (χ4n) is 6.14. The Morgan fingerprint density at radius 1 is 0.463 bits per heavy atom. The summed E-state index contributed by atoms with van der Waals surface area (Å²) in [6.07, 6.45) is 0. The van der Waals surface area contributed by atoms with Crippen LogP contribution < -0.4 is 4.90 Å². The highest BCUT2D eigenvalue weighted by Gasteiger charge is 2.20. The number of benzene rings is 7. The summed E-state index contributed by atoms with van der Waals surface area (Å²) in [6.45, 7) is 2.17. The van der Waals surface area contributed by atoms with Crippen LogP contribution in [0.25, 0.3) is 52.8 Å². The molecule has 1 nitrogen and oxygen atoms in total. The Balaban J connectivity index is 1.45. The van der Waals surface area contributed by atoms with Gasteiger partial charge in [-0.15, -0.1) is 11.3 Å². The molecule has 0 saturated heterocycles. The smallest absolute Gasteiger partial charge is 0.0546 e. The zero-order valence-electron chi connectivity index (χ0n) is 22.7. The Bertz CT molecular complexity index is 2240. The van der Waals surface area contributed by atoms with E-state index in [1.54, 1.807) is 0 Å². The van der Waals surface area contributed by atoms with Crippen molar-refractivity contribution in [3.05, 3.63) is 151 Å². The number of rotatable bonds is 4. The van der Waals surface area contributed by atoms with Gasteiger partial charge in [0.05, 0.1) is 5.69 Å². The third kappa shape index (κ3) is 4.07. The first kappa shape index (κ1) is 23.9. The minimum atomic E-state index is 1.15. The zero-order valence-corrected chi connectivity index (χ0v) is 23.5. The van der Waals surface area contributed by atoms with Crippen LogP contribution in [0.2, 0.25) is 0 Å². The standard InChI is InChI=1S/C39H27NS/c1-26-9-8-13-31(23-26)40(32-20-22-38-35(25-32)34-15-6-7-16-37(34)41-38)36-21-19-28-11-4-5-14-33(28)39(36)30-18-17-27-10-2-3-12-29(27)24-30/h2-25H,1H3. The summed E-state index contributed by atoms with van der Waals surface area (Å²) in [7, 11) is 0. The van der Waals surface area contributed by atoms with Crippen LogP contribution in [0.1, 0.15) is 5.56 Å². The number of hydrogen-bond donors (Lipinski definition) is 0. The Kier molecular flexibility index (Phi) is 5.61. The molecular formula is C39H27NS. The van der Waals surface area contributed by atoms with E-state index in [0.717, 1.165) is 11.4 Å². The Labute approximate surface area is 243 Å². The van der Waals surface area contributed by atoms with Gasteiger partial charge < -0.3 is 4.90 Å². The minimum Gasteiger partial charge on any atom is -0.310 e. The third-order valence-electron chi connectivity index (χ3n) is 8.06. The summed E-state index contributed by atoms with van der Waals surface area (Å²) in [6, 6.07) is 53.3. The Hall–Kier alpha value is -4.92. The van der Waals surface area contributed by atoms with Crippen molar-refractivity contribution in [2.24, 2.45) is 0 Å². The van der Waals surface area contributed by atoms with Crippen LogP contribution in [0, 0.1) is 6.92 Å². The molecule has 0 atom stereocenters. The highest BCUT2D eigenvalue weighted by Crippen LogP contribution is 2.46. The summed E-state index contributed by atoms with van der Waals surface area (Å²) >= 11 is 1.86. The highest BCUT2D eigenvalue weighted by atomic mass is 32.1. The van der Waals surface area contributed by atoms with E-state index >= 15 is 0 Å². The van der Waals surface area contributed by atoms with Gasteiger partial charge in [0.25, 0.3) is 0 Å². The predicted molar refractivity (Wildman–Crippen MR) is 179 cm³/mol. The first-order chi connectivity index (χ1) is 20.2. The van der Waals surface area contributed by atoms with Crippen molar-refractivity contribution in [3.63, 3.8) is 0 Å². The molecule has 0 bridgehead atoms. The summed E-state index contributed by atoms with van der Waals surface area (Å²) in [5.41, 5.74) is 7.18. The number of hydrogen-bond acceptors (Lipinski definition) is 2. The van der Waals surface area contributed by atoms with Crippen molar-refractivity contribution in [1.29, 1.82) is 0 Å². The van der Waals surface area contributed by atoms with Gasteiger partial charge in [0.15, 0.2) is 0 Å². The molecule has 7 aromatic carbocycles. The average Bonchev–Trinajstić information content (AvgIpc) is 3.39. The van der Waals surface area contributed by atoms with Gasteiger partial charge in [-0.2, -0.15) is 0 Å². The molecule has 0 aliphatic rings. The zero-order chi connectivity index (χ0) is 27.3. The van der Waals surface area contributed by atoms with E-state index in [-0.39, 0.29) is 0 Å². The molecule has 1 heterocycles. The number of aryl methyl sites for hydroxylation is 1. The van der Waals surface area contributed by atoms with Crippen molar-refractivity contribution in [1.82, 2.24) is 0 Å². The van der Waals surface area contributed by atoms with Gasteiger partial charge in [-0.05, 0) is 88.1 Å². The maximum Gasteiger partial charge on any atom is 0.0546 e. The minimum absolute atomic E-state index is 1.15. The fraction of sp³-hybridized carbons (Fsp3) is 0.0256. The second kappa shape index (κ2) is 9.62. The molecule has 41 heavy (non-hydrogen) atoms. The van der Waals surface area contributed by atoms with Crippen LogP contribution in [0.5, 0.6) is 0 Å². The molecule has 0 saturated carbocycles. The number of thiophene rings is 1. The third-order valence-corrected chi connectivity index (χ3v) is 9.22. The largest absolute Gasteiger partial charge is 0.310 e. The van der Waals surface area contributed by atoms with Gasteiger partial charge in [-0.1, -0.05) is 97.1 Å². The normalized spacial score (nSPS) is 11.5. The molecule has 2 heteroatoms. The fourth-order valence-corrected chi connectivity index (χ4v) is 7.23. The molecular weight excluding hydrogens is 515 g/mol. The van der Waals surface area contributed by atoms with Gasteiger partial charge in [-0.3, -0.25) is 0 Å². The van der Waals surface area contributed by atoms with Crippen LogP contribution >= 0.6 is 11.3 Å². The van der Waals surface area contributed by atoms with E-state index in [4.69, 9.17) is 0 Å². The van der Waals surface area contributed by atoms with E-state index in [1.807, 2.05) is 11.3 Å². The molecule has 1 aromatic heterocycles. The number of anilines is 3. The molecule has 8 rings (SSSR count).